The number of ether oxygens (including phenoxy) is 1. The molecular formula is C16H26N2O2. The van der Waals surface area contributed by atoms with E-state index in [1.54, 1.807) is 19.1 Å². The van der Waals surface area contributed by atoms with E-state index in [1.807, 2.05) is 6.07 Å². The van der Waals surface area contributed by atoms with Crippen molar-refractivity contribution >= 4 is 17.3 Å². The third-order valence-corrected chi connectivity index (χ3v) is 3.99. The van der Waals surface area contributed by atoms with Crippen LogP contribution in [0.1, 0.15) is 57.3 Å². The van der Waals surface area contributed by atoms with Crippen molar-refractivity contribution in [1.82, 2.24) is 0 Å². The molecule has 0 amide bonds. The van der Waals surface area contributed by atoms with E-state index in [9.17, 15) is 4.79 Å². The van der Waals surface area contributed by atoms with Gasteiger partial charge in [-0.3, -0.25) is 0 Å². The van der Waals surface area contributed by atoms with Gasteiger partial charge in [-0.2, -0.15) is 0 Å². The Labute approximate surface area is 121 Å². The molecule has 0 bridgehead atoms. The number of carbonyl (C=O) groups is 1. The molecule has 0 aliphatic rings. The molecular weight excluding hydrogens is 252 g/mol. The molecule has 0 aliphatic carbocycles. The van der Waals surface area contributed by atoms with Crippen LogP contribution in [0.5, 0.6) is 0 Å². The topological polar surface area (TPSA) is 64.3 Å². The SMILES string of the molecule is CCOC(=O)c1ccc(NC(CC)(CC)CC)c(N)c1. The van der Waals surface area contributed by atoms with Crippen LogP contribution in [0.3, 0.4) is 0 Å². The maximum Gasteiger partial charge on any atom is 0.338 e. The predicted octanol–water partition coefficient (Wildman–Crippen LogP) is 3.83. The number of nitrogens with two attached hydrogens (primary N) is 1. The Morgan fingerprint density at radius 2 is 1.80 bits per heavy atom. The number of hydrogen-bond acceptors (Lipinski definition) is 4. The third-order valence-electron chi connectivity index (χ3n) is 3.99. The molecule has 1 rings (SSSR count). The number of benzene rings is 1. The molecule has 4 heteroatoms. The first kappa shape index (κ1) is 16.3. The highest BCUT2D eigenvalue weighted by Gasteiger charge is 2.24. The number of esters is 1. The van der Waals surface area contributed by atoms with Crippen LogP contribution in [0.2, 0.25) is 0 Å². The molecule has 112 valence electrons. The van der Waals surface area contributed by atoms with Crippen LogP contribution in [0.25, 0.3) is 0 Å². The van der Waals surface area contributed by atoms with Crippen LogP contribution in [0.4, 0.5) is 11.4 Å². The third kappa shape index (κ3) is 3.65. The first-order valence-corrected chi connectivity index (χ1v) is 7.36. The van der Waals surface area contributed by atoms with E-state index in [4.69, 9.17) is 10.5 Å². The Balaban J connectivity index is 2.96. The minimum atomic E-state index is -0.335. The summed E-state index contributed by atoms with van der Waals surface area (Å²) in [6.07, 6.45) is 3.08. The van der Waals surface area contributed by atoms with Gasteiger partial charge in [-0.1, -0.05) is 20.8 Å². The minimum Gasteiger partial charge on any atom is -0.462 e. The van der Waals surface area contributed by atoms with Crippen LogP contribution in [-0.4, -0.2) is 18.1 Å². The Hall–Kier alpha value is -1.71. The fraction of sp³-hybridized carbons (Fsp3) is 0.562. The highest BCUT2D eigenvalue weighted by atomic mass is 16.5. The molecule has 0 spiro atoms. The minimum absolute atomic E-state index is 0.0551. The molecule has 4 nitrogen and oxygen atoms in total. The molecule has 0 fully saturated rings. The van der Waals surface area contributed by atoms with Gasteiger partial charge in [0.25, 0.3) is 0 Å². The molecule has 20 heavy (non-hydrogen) atoms. The van der Waals surface area contributed by atoms with E-state index in [1.165, 1.54) is 0 Å². The van der Waals surface area contributed by atoms with Crippen LogP contribution in [0, 0.1) is 0 Å². The van der Waals surface area contributed by atoms with Gasteiger partial charge < -0.3 is 15.8 Å². The lowest BCUT2D eigenvalue weighted by atomic mass is 9.89. The summed E-state index contributed by atoms with van der Waals surface area (Å²) in [6.45, 7) is 8.66. The van der Waals surface area contributed by atoms with E-state index in [-0.39, 0.29) is 11.5 Å². The summed E-state index contributed by atoms with van der Waals surface area (Å²) in [5, 5.41) is 3.53. The van der Waals surface area contributed by atoms with Gasteiger partial charge in [0.1, 0.15) is 0 Å². The van der Waals surface area contributed by atoms with Gasteiger partial charge in [0, 0.05) is 5.54 Å². The molecule has 0 saturated carbocycles. The fourth-order valence-electron chi connectivity index (χ4n) is 2.32. The van der Waals surface area contributed by atoms with E-state index >= 15 is 0 Å². The smallest absolute Gasteiger partial charge is 0.338 e. The second kappa shape index (κ2) is 7.17. The Bertz CT molecular complexity index is 446. The monoisotopic (exact) mass is 278 g/mol. The highest BCUT2D eigenvalue weighted by Crippen LogP contribution is 2.29. The number of nitrogen functional groups attached to an aromatic ring is 1. The molecule has 0 unspecified atom stereocenters. The van der Waals surface area contributed by atoms with E-state index in [0.717, 1.165) is 24.9 Å². The molecule has 0 heterocycles. The molecule has 0 saturated heterocycles. The second-order valence-electron chi connectivity index (χ2n) is 4.99. The Morgan fingerprint density at radius 1 is 1.20 bits per heavy atom. The zero-order chi connectivity index (χ0) is 15.2. The van der Waals surface area contributed by atoms with Gasteiger partial charge >= 0.3 is 5.97 Å². The lowest BCUT2D eigenvalue weighted by Crippen LogP contribution is -2.36. The Kier molecular flexibility index (Phi) is 5.86. The predicted molar refractivity (Wildman–Crippen MR) is 84.0 cm³/mol. The first-order chi connectivity index (χ1) is 9.51. The van der Waals surface area contributed by atoms with Crippen LogP contribution in [-0.2, 0) is 4.74 Å². The van der Waals surface area contributed by atoms with Crippen molar-refractivity contribution in [2.24, 2.45) is 0 Å². The number of anilines is 2. The maximum absolute atomic E-state index is 11.7. The van der Waals surface area contributed by atoms with Crippen LogP contribution >= 0.6 is 0 Å². The fourth-order valence-corrected chi connectivity index (χ4v) is 2.32. The molecule has 0 aromatic heterocycles. The number of rotatable bonds is 7. The first-order valence-electron chi connectivity index (χ1n) is 7.36. The highest BCUT2D eigenvalue weighted by molar-refractivity contribution is 5.92. The quantitative estimate of drug-likeness (QED) is 0.587. The van der Waals surface area contributed by atoms with Crippen molar-refractivity contribution in [3.05, 3.63) is 23.8 Å². The number of carbonyl (C=O) groups excluding carboxylic acids is 1. The van der Waals surface area contributed by atoms with Gasteiger partial charge in [-0.05, 0) is 44.4 Å². The zero-order valence-electron chi connectivity index (χ0n) is 13.0. The van der Waals surface area contributed by atoms with Gasteiger partial charge in [-0.15, -0.1) is 0 Å². The summed E-state index contributed by atoms with van der Waals surface area (Å²) in [5.74, 6) is -0.335. The molecule has 0 aliphatic heterocycles. The second-order valence-corrected chi connectivity index (χ2v) is 4.99. The summed E-state index contributed by atoms with van der Waals surface area (Å²) < 4.78 is 4.97. The van der Waals surface area contributed by atoms with E-state index < -0.39 is 0 Å². The maximum atomic E-state index is 11.7. The lowest BCUT2D eigenvalue weighted by Gasteiger charge is -2.33. The van der Waals surface area contributed by atoms with Crippen molar-refractivity contribution in [1.29, 1.82) is 0 Å². The molecule has 3 N–H and O–H groups in total. The van der Waals surface area contributed by atoms with Gasteiger partial charge in [-0.25, -0.2) is 4.79 Å². The number of nitrogens with one attached hydrogen (secondary N) is 1. The standard InChI is InChI=1S/C16H26N2O2/c1-5-16(6-2,7-3)18-14-10-9-12(11-13(14)17)15(19)20-8-4/h9-11,18H,5-8,17H2,1-4H3. The van der Waals surface area contributed by atoms with E-state index in [2.05, 4.69) is 26.1 Å². The zero-order valence-corrected chi connectivity index (χ0v) is 13.0. The average Bonchev–Trinajstić information content (AvgIpc) is 2.47. The van der Waals surface area contributed by atoms with Crippen molar-refractivity contribution in [3.8, 4) is 0 Å². The summed E-state index contributed by atoms with van der Waals surface area (Å²) in [6, 6.07) is 5.28. The summed E-state index contributed by atoms with van der Waals surface area (Å²) >= 11 is 0. The Morgan fingerprint density at radius 3 is 2.25 bits per heavy atom. The van der Waals surface area contributed by atoms with E-state index in [0.29, 0.717) is 17.9 Å². The van der Waals surface area contributed by atoms with Crippen LogP contribution in [0.15, 0.2) is 18.2 Å². The van der Waals surface area contributed by atoms with Gasteiger partial charge in [0.15, 0.2) is 0 Å². The van der Waals surface area contributed by atoms with Crippen molar-refractivity contribution < 1.29 is 9.53 Å². The van der Waals surface area contributed by atoms with Crippen molar-refractivity contribution in [3.63, 3.8) is 0 Å². The van der Waals surface area contributed by atoms with Crippen molar-refractivity contribution in [2.75, 3.05) is 17.7 Å². The largest absolute Gasteiger partial charge is 0.462 e. The summed E-state index contributed by atoms with van der Waals surface area (Å²) in [7, 11) is 0. The normalized spacial score (nSPS) is 11.2. The summed E-state index contributed by atoms with van der Waals surface area (Å²) in [5.41, 5.74) is 8.06. The molecule has 0 radical (unpaired) electrons. The number of hydrogen-bond donors (Lipinski definition) is 2. The summed E-state index contributed by atoms with van der Waals surface area (Å²) in [4.78, 5) is 11.7. The van der Waals surface area contributed by atoms with Crippen LogP contribution < -0.4 is 11.1 Å². The molecule has 1 aromatic carbocycles. The lowest BCUT2D eigenvalue weighted by molar-refractivity contribution is 0.0526. The van der Waals surface area contributed by atoms with Gasteiger partial charge in [0.2, 0.25) is 0 Å². The molecule has 0 atom stereocenters. The average molecular weight is 278 g/mol. The van der Waals surface area contributed by atoms with Crippen molar-refractivity contribution in [2.45, 2.75) is 52.5 Å². The molecule has 1 aromatic rings. The van der Waals surface area contributed by atoms with Gasteiger partial charge in [0.05, 0.1) is 23.5 Å².